The summed E-state index contributed by atoms with van der Waals surface area (Å²) >= 11 is 5.71. The summed E-state index contributed by atoms with van der Waals surface area (Å²) in [6.07, 6.45) is 4.01. The van der Waals surface area contributed by atoms with E-state index >= 15 is 0 Å². The van der Waals surface area contributed by atoms with Crippen molar-refractivity contribution in [3.8, 4) is 0 Å². The number of halogens is 2. The molecule has 0 unspecified atom stereocenters. The molecule has 0 aliphatic carbocycles. The van der Waals surface area contributed by atoms with Crippen LogP contribution in [0.25, 0.3) is 6.08 Å². The van der Waals surface area contributed by atoms with E-state index in [0.29, 0.717) is 11.4 Å². The Balaban J connectivity index is 2.48. The molecule has 0 saturated carbocycles. The molecule has 0 amide bonds. The van der Waals surface area contributed by atoms with Crippen LogP contribution in [0.1, 0.15) is 12.0 Å². The van der Waals surface area contributed by atoms with Gasteiger partial charge in [0, 0.05) is 15.7 Å². The summed E-state index contributed by atoms with van der Waals surface area (Å²) in [6, 6.07) is 7.26. The van der Waals surface area contributed by atoms with Crippen LogP contribution in [0.4, 0.5) is 0 Å². The molecule has 1 aromatic rings. The van der Waals surface area contributed by atoms with Gasteiger partial charge in [0.2, 0.25) is 9.05 Å². The van der Waals surface area contributed by atoms with Crippen molar-refractivity contribution in [3.63, 3.8) is 0 Å². The second kappa shape index (κ2) is 5.54. The Morgan fingerprint density at radius 3 is 2.33 bits per heavy atom. The van der Waals surface area contributed by atoms with E-state index < -0.39 is 9.05 Å². The highest BCUT2D eigenvalue weighted by molar-refractivity contribution is 8.13. The lowest BCUT2D eigenvalue weighted by atomic mass is 10.2. The molecule has 0 saturated heterocycles. The molecule has 82 valence electrons. The molecule has 0 N–H and O–H groups in total. The van der Waals surface area contributed by atoms with Gasteiger partial charge in [0.25, 0.3) is 0 Å². The van der Waals surface area contributed by atoms with Gasteiger partial charge in [0.05, 0.1) is 5.75 Å². The molecule has 5 heteroatoms. The van der Waals surface area contributed by atoms with Crippen molar-refractivity contribution in [1.29, 1.82) is 0 Å². The van der Waals surface area contributed by atoms with Gasteiger partial charge in [0.15, 0.2) is 0 Å². The lowest BCUT2D eigenvalue weighted by molar-refractivity contribution is 0.609. The SMILES string of the molecule is O=S(=O)(Cl)CC/C=C/c1ccc(Cl)cc1. The Labute approximate surface area is 98.9 Å². The fraction of sp³-hybridized carbons (Fsp3) is 0.200. The normalized spacial score (nSPS) is 12.1. The molecule has 1 aromatic carbocycles. The maximum absolute atomic E-state index is 10.6. The van der Waals surface area contributed by atoms with Gasteiger partial charge >= 0.3 is 0 Å². The van der Waals surface area contributed by atoms with E-state index in [1.54, 1.807) is 18.2 Å². The van der Waals surface area contributed by atoms with E-state index in [-0.39, 0.29) is 5.75 Å². The first-order chi connectivity index (χ1) is 6.97. The van der Waals surface area contributed by atoms with Crippen LogP contribution >= 0.6 is 22.3 Å². The molecule has 0 aliphatic rings. The zero-order valence-corrected chi connectivity index (χ0v) is 10.2. The van der Waals surface area contributed by atoms with Crippen molar-refractivity contribution in [2.45, 2.75) is 6.42 Å². The summed E-state index contributed by atoms with van der Waals surface area (Å²) < 4.78 is 21.2. The van der Waals surface area contributed by atoms with Crippen LogP contribution in [0.5, 0.6) is 0 Å². The molecule has 0 aliphatic heterocycles. The van der Waals surface area contributed by atoms with E-state index in [1.807, 2.05) is 18.2 Å². The van der Waals surface area contributed by atoms with Crippen LogP contribution < -0.4 is 0 Å². The first kappa shape index (κ1) is 12.6. The quantitative estimate of drug-likeness (QED) is 0.782. The highest BCUT2D eigenvalue weighted by atomic mass is 35.7. The van der Waals surface area contributed by atoms with Crippen LogP contribution in [-0.4, -0.2) is 14.2 Å². The molecule has 1 rings (SSSR count). The molecule has 0 bridgehead atoms. The Bertz CT molecular complexity index is 435. The van der Waals surface area contributed by atoms with Crippen LogP contribution in [0.2, 0.25) is 5.02 Å². The second-order valence-electron chi connectivity index (χ2n) is 2.99. The van der Waals surface area contributed by atoms with E-state index in [2.05, 4.69) is 0 Å². The third-order valence-electron chi connectivity index (χ3n) is 1.71. The standard InChI is InChI=1S/C10H10Cl2O2S/c11-10-6-4-9(5-7-10)3-1-2-8-15(12,13)14/h1,3-7H,2,8H2/b3-1+. The number of rotatable bonds is 4. The minimum absolute atomic E-state index is 0.0430. The van der Waals surface area contributed by atoms with E-state index in [0.717, 1.165) is 5.56 Å². The Morgan fingerprint density at radius 2 is 1.80 bits per heavy atom. The van der Waals surface area contributed by atoms with Crippen molar-refractivity contribution in [2.24, 2.45) is 0 Å². The van der Waals surface area contributed by atoms with Gasteiger partial charge in [-0.2, -0.15) is 0 Å². The summed E-state index contributed by atoms with van der Waals surface area (Å²) in [5.74, 6) is -0.0430. The summed E-state index contributed by atoms with van der Waals surface area (Å²) in [6.45, 7) is 0. The largest absolute Gasteiger partial charge is 0.232 e. The third kappa shape index (κ3) is 5.82. The summed E-state index contributed by atoms with van der Waals surface area (Å²) in [7, 11) is 1.67. The van der Waals surface area contributed by atoms with Crippen molar-refractivity contribution in [3.05, 3.63) is 40.9 Å². The van der Waals surface area contributed by atoms with Crippen molar-refractivity contribution in [1.82, 2.24) is 0 Å². The van der Waals surface area contributed by atoms with E-state index in [1.165, 1.54) is 0 Å². The number of hydrogen-bond acceptors (Lipinski definition) is 2. The summed E-state index contributed by atoms with van der Waals surface area (Å²) in [5.41, 5.74) is 0.978. The van der Waals surface area contributed by atoms with Gasteiger partial charge in [0.1, 0.15) is 0 Å². The molecular weight excluding hydrogens is 255 g/mol. The van der Waals surface area contributed by atoms with Crippen LogP contribution in [-0.2, 0) is 9.05 Å². The van der Waals surface area contributed by atoms with Gasteiger partial charge in [-0.05, 0) is 24.1 Å². The molecule has 2 nitrogen and oxygen atoms in total. The lowest BCUT2D eigenvalue weighted by Crippen LogP contribution is -1.94. The van der Waals surface area contributed by atoms with Gasteiger partial charge in [-0.3, -0.25) is 0 Å². The molecule has 0 aromatic heterocycles. The molecule has 0 radical (unpaired) electrons. The number of hydrogen-bond donors (Lipinski definition) is 0. The van der Waals surface area contributed by atoms with Gasteiger partial charge in [-0.15, -0.1) is 0 Å². The first-order valence-electron chi connectivity index (χ1n) is 4.32. The van der Waals surface area contributed by atoms with E-state index in [4.69, 9.17) is 22.3 Å². The predicted octanol–water partition coefficient (Wildman–Crippen LogP) is 3.31. The maximum Gasteiger partial charge on any atom is 0.232 e. The zero-order chi connectivity index (χ0) is 11.3. The number of benzene rings is 1. The second-order valence-corrected chi connectivity index (χ2v) is 6.32. The molecule has 0 fully saturated rings. The molecule has 0 atom stereocenters. The smallest absolute Gasteiger partial charge is 0.212 e. The summed E-state index contributed by atoms with van der Waals surface area (Å²) in [5, 5.41) is 0.676. The summed E-state index contributed by atoms with van der Waals surface area (Å²) in [4.78, 5) is 0. The predicted molar refractivity (Wildman–Crippen MR) is 64.7 cm³/mol. The Hall–Kier alpha value is -0.510. The van der Waals surface area contributed by atoms with Crippen LogP contribution in [0, 0.1) is 0 Å². The van der Waals surface area contributed by atoms with E-state index in [9.17, 15) is 8.42 Å². The van der Waals surface area contributed by atoms with Gasteiger partial charge in [-0.1, -0.05) is 35.9 Å². The average Bonchev–Trinajstić information content (AvgIpc) is 2.14. The molecule has 15 heavy (non-hydrogen) atoms. The zero-order valence-electron chi connectivity index (χ0n) is 7.86. The monoisotopic (exact) mass is 264 g/mol. The Morgan fingerprint density at radius 1 is 1.20 bits per heavy atom. The van der Waals surface area contributed by atoms with Crippen molar-refractivity contribution in [2.75, 3.05) is 5.75 Å². The van der Waals surface area contributed by atoms with Gasteiger partial charge < -0.3 is 0 Å². The molecule has 0 heterocycles. The Kier molecular flexibility index (Phi) is 4.64. The highest BCUT2D eigenvalue weighted by Crippen LogP contribution is 2.11. The van der Waals surface area contributed by atoms with Gasteiger partial charge in [-0.25, -0.2) is 8.42 Å². The molecular formula is C10H10Cl2O2S. The number of allylic oxidation sites excluding steroid dienone is 1. The minimum atomic E-state index is -3.39. The van der Waals surface area contributed by atoms with Crippen molar-refractivity contribution < 1.29 is 8.42 Å². The first-order valence-corrected chi connectivity index (χ1v) is 7.17. The topological polar surface area (TPSA) is 34.1 Å². The third-order valence-corrected chi connectivity index (χ3v) is 3.15. The highest BCUT2D eigenvalue weighted by Gasteiger charge is 2.01. The van der Waals surface area contributed by atoms with Crippen LogP contribution in [0.15, 0.2) is 30.3 Å². The average molecular weight is 265 g/mol. The fourth-order valence-electron chi connectivity index (χ4n) is 1.00. The van der Waals surface area contributed by atoms with Crippen molar-refractivity contribution >= 4 is 37.4 Å². The van der Waals surface area contributed by atoms with Crippen LogP contribution in [0.3, 0.4) is 0 Å². The lowest BCUT2D eigenvalue weighted by Gasteiger charge is -1.93. The fourth-order valence-corrected chi connectivity index (χ4v) is 1.81. The minimum Gasteiger partial charge on any atom is -0.212 e. The molecule has 0 spiro atoms. The maximum atomic E-state index is 10.6.